The number of fused-ring (bicyclic) bond motifs is 5. The number of methoxy groups -OCH3 is 2. The van der Waals surface area contributed by atoms with Gasteiger partial charge < -0.3 is 49.9 Å². The van der Waals surface area contributed by atoms with Gasteiger partial charge in [-0.15, -0.1) is 5.10 Å². The van der Waals surface area contributed by atoms with Crippen molar-refractivity contribution < 1.29 is 56.1 Å². The second kappa shape index (κ2) is 27.3. The highest BCUT2D eigenvalue weighted by Gasteiger charge is 2.30. The van der Waals surface area contributed by atoms with Crippen molar-refractivity contribution in [2.45, 2.75) is 81.5 Å². The molecule has 21 heteroatoms. The Balaban J connectivity index is 1.24. The number of carbonyl (C=O) groups is 5. The first-order valence-corrected chi connectivity index (χ1v) is 24.3. The lowest BCUT2D eigenvalue weighted by molar-refractivity contribution is -0.123. The van der Waals surface area contributed by atoms with Gasteiger partial charge in [0.25, 0.3) is 0 Å². The number of ether oxygens (including phenoxy) is 5. The zero-order valence-corrected chi connectivity index (χ0v) is 39.6. The molecule has 0 fully saturated rings. The number of hydrogen-bond acceptors (Lipinski definition) is 14. The Kier molecular flexibility index (Phi) is 21.0. The quantitative estimate of drug-likeness (QED) is 0.0478. The third kappa shape index (κ3) is 15.8. The summed E-state index contributed by atoms with van der Waals surface area (Å²) in [5.41, 5.74) is 4.40. The number of rotatable bonds is 26. The van der Waals surface area contributed by atoms with Gasteiger partial charge in [0.15, 0.2) is 9.84 Å². The van der Waals surface area contributed by atoms with E-state index in [1.165, 1.54) is 33.4 Å². The van der Waals surface area contributed by atoms with Crippen molar-refractivity contribution in [2.75, 3.05) is 71.4 Å². The summed E-state index contributed by atoms with van der Waals surface area (Å²) in [5, 5.41) is 19.7. The fourth-order valence-electron chi connectivity index (χ4n) is 7.51. The molecule has 0 spiro atoms. The fourth-order valence-corrected chi connectivity index (χ4v) is 9.00. The summed E-state index contributed by atoms with van der Waals surface area (Å²) < 4.78 is 53.5. The molecule has 2 heterocycles. The van der Waals surface area contributed by atoms with Crippen LogP contribution in [-0.2, 0) is 56.2 Å². The molecule has 2 atom stereocenters. The molecule has 1 aromatic heterocycles. The maximum atomic E-state index is 14.3. The number of sulfone groups is 1. The molecule has 5 rings (SSSR count). The van der Waals surface area contributed by atoms with Crippen LogP contribution in [0.3, 0.4) is 0 Å². The summed E-state index contributed by atoms with van der Waals surface area (Å²) in [4.78, 5) is 66.3. The Hall–Kier alpha value is -6.58. The van der Waals surface area contributed by atoms with Gasteiger partial charge in [-0.1, -0.05) is 72.3 Å². The Morgan fingerprint density at radius 3 is 2.13 bits per heavy atom. The standard InChI is InChI=1S/C47H62N8O12S/c1-48-45(58)67-35(33-68(61,62)36-18-7-4-8-19-36)17-6-5-15-27-55-43-38-21-11-12-23-40(38)54(32-34-16-9-10-20-37(34)42(43)52-53-55)41(56)24-26-49-44(57)39(51-47(60)66-31-29-64-3)22-13-14-25-50-46(59)65-30-28-63-2/h4,7-12,16,18-21,23,35,39H,5-6,13-15,17,22,24-33H2,1-3H3,(H,48,58)(H,49,57)(H,50,59)(H,51,60). The van der Waals surface area contributed by atoms with Gasteiger partial charge in [0.05, 0.1) is 41.8 Å². The van der Waals surface area contributed by atoms with Crippen LogP contribution in [0.15, 0.2) is 83.8 Å². The smallest absolute Gasteiger partial charge is 0.407 e. The minimum atomic E-state index is -3.71. The predicted molar refractivity (Wildman–Crippen MR) is 251 cm³/mol. The number of para-hydroxylation sites is 1. The Morgan fingerprint density at radius 1 is 0.721 bits per heavy atom. The number of carbonyl (C=O) groups excluding carboxylic acids is 5. The second-order valence-electron chi connectivity index (χ2n) is 15.8. The molecule has 0 aliphatic carbocycles. The number of hydrogen-bond donors (Lipinski definition) is 4. The lowest BCUT2D eigenvalue weighted by Gasteiger charge is -2.29. The van der Waals surface area contributed by atoms with Crippen molar-refractivity contribution in [2.24, 2.45) is 0 Å². The third-order valence-corrected chi connectivity index (χ3v) is 12.7. The molecule has 0 saturated heterocycles. The predicted octanol–water partition coefficient (Wildman–Crippen LogP) is 5.01. The zero-order chi connectivity index (χ0) is 48.7. The van der Waals surface area contributed by atoms with Crippen LogP contribution in [0.4, 0.5) is 20.1 Å². The van der Waals surface area contributed by atoms with Crippen LogP contribution in [0, 0.1) is 0 Å². The summed E-state index contributed by atoms with van der Waals surface area (Å²) in [5.74, 6) is -1.11. The molecule has 5 amide bonds. The van der Waals surface area contributed by atoms with E-state index >= 15 is 0 Å². The van der Waals surface area contributed by atoms with E-state index in [0.717, 1.165) is 22.4 Å². The average molecular weight is 963 g/mol. The van der Waals surface area contributed by atoms with E-state index in [1.807, 2.05) is 53.2 Å². The van der Waals surface area contributed by atoms with Crippen LogP contribution in [0.25, 0.3) is 22.5 Å². The molecule has 0 radical (unpaired) electrons. The molecule has 3 aromatic carbocycles. The first-order chi connectivity index (χ1) is 32.9. The number of anilines is 1. The minimum Gasteiger partial charge on any atom is -0.447 e. The molecule has 1 aliphatic heterocycles. The van der Waals surface area contributed by atoms with E-state index in [9.17, 15) is 32.4 Å². The molecule has 68 heavy (non-hydrogen) atoms. The van der Waals surface area contributed by atoms with Gasteiger partial charge >= 0.3 is 18.3 Å². The Bertz CT molecular complexity index is 2380. The highest BCUT2D eigenvalue weighted by atomic mass is 32.2. The van der Waals surface area contributed by atoms with Gasteiger partial charge in [0, 0.05) is 58.4 Å². The number of aryl methyl sites for hydroxylation is 1. The van der Waals surface area contributed by atoms with Gasteiger partial charge in [0.1, 0.15) is 31.1 Å². The third-order valence-electron chi connectivity index (χ3n) is 10.9. The van der Waals surface area contributed by atoms with Crippen molar-refractivity contribution >= 4 is 45.6 Å². The number of aromatic nitrogens is 3. The molecule has 2 unspecified atom stereocenters. The maximum absolute atomic E-state index is 14.3. The van der Waals surface area contributed by atoms with E-state index < -0.39 is 46.2 Å². The van der Waals surface area contributed by atoms with Crippen LogP contribution < -0.4 is 26.2 Å². The fraction of sp³-hybridized carbons (Fsp3) is 0.468. The molecular weight excluding hydrogens is 901 g/mol. The molecule has 4 N–H and O–H groups in total. The lowest BCUT2D eigenvalue weighted by Crippen LogP contribution is -2.47. The molecule has 0 bridgehead atoms. The van der Waals surface area contributed by atoms with Crippen LogP contribution in [0.2, 0.25) is 0 Å². The summed E-state index contributed by atoms with van der Waals surface area (Å²) >= 11 is 0. The summed E-state index contributed by atoms with van der Waals surface area (Å²) in [7, 11) is 0.680. The lowest BCUT2D eigenvalue weighted by atomic mass is 9.95. The molecule has 1 aliphatic rings. The van der Waals surface area contributed by atoms with Crippen LogP contribution in [0.5, 0.6) is 0 Å². The van der Waals surface area contributed by atoms with Gasteiger partial charge in [-0.3, -0.25) is 9.59 Å². The maximum Gasteiger partial charge on any atom is 0.407 e. The molecule has 20 nitrogen and oxygen atoms in total. The largest absolute Gasteiger partial charge is 0.447 e. The van der Waals surface area contributed by atoms with Crippen molar-refractivity contribution in [1.29, 1.82) is 0 Å². The van der Waals surface area contributed by atoms with E-state index in [0.29, 0.717) is 56.5 Å². The Morgan fingerprint density at radius 2 is 1.40 bits per heavy atom. The van der Waals surface area contributed by atoms with Gasteiger partial charge in [-0.2, -0.15) is 0 Å². The number of nitrogens with zero attached hydrogens (tertiary/aromatic N) is 4. The van der Waals surface area contributed by atoms with Crippen LogP contribution in [-0.4, -0.2) is 132 Å². The summed E-state index contributed by atoms with van der Waals surface area (Å²) in [6.07, 6.45) is 0.375. The summed E-state index contributed by atoms with van der Waals surface area (Å²) in [6, 6.07) is 22.3. The number of unbranched alkanes of at least 4 members (excludes halogenated alkanes) is 3. The van der Waals surface area contributed by atoms with Gasteiger partial charge in [0.2, 0.25) is 11.8 Å². The van der Waals surface area contributed by atoms with E-state index in [4.69, 9.17) is 23.7 Å². The number of amides is 5. The number of nitrogens with one attached hydrogen (secondary N) is 4. The monoisotopic (exact) mass is 962 g/mol. The highest BCUT2D eigenvalue weighted by molar-refractivity contribution is 7.91. The normalized spacial score (nSPS) is 12.7. The minimum absolute atomic E-state index is 0.0114. The van der Waals surface area contributed by atoms with Crippen molar-refractivity contribution in [3.8, 4) is 22.5 Å². The van der Waals surface area contributed by atoms with Crippen LogP contribution in [0.1, 0.15) is 56.9 Å². The zero-order valence-electron chi connectivity index (χ0n) is 38.8. The topological polar surface area (TPSA) is 248 Å². The second-order valence-corrected chi connectivity index (χ2v) is 17.8. The van der Waals surface area contributed by atoms with Crippen molar-refractivity contribution in [1.82, 2.24) is 36.3 Å². The van der Waals surface area contributed by atoms with Crippen LogP contribution >= 0.6 is 0 Å². The first kappa shape index (κ1) is 52.4. The average Bonchev–Trinajstić information content (AvgIpc) is 3.75. The SMILES string of the molecule is CNC(=O)OC(CCCCCn1nnc2c1-c1ccccc1N(C(=O)CCNC(=O)C(CCCCNC(=O)OCCOC)NC(=O)OCCOC)Cc1ccccc1-2)CS(=O)(=O)c1ccccc1. The van der Waals surface area contributed by atoms with Gasteiger partial charge in [-0.05, 0) is 62.3 Å². The highest BCUT2D eigenvalue weighted by Crippen LogP contribution is 2.41. The molecule has 4 aromatic rings. The number of alkyl carbamates (subject to hydrolysis) is 3. The first-order valence-electron chi connectivity index (χ1n) is 22.6. The van der Waals surface area contributed by atoms with Gasteiger partial charge in [-0.25, -0.2) is 27.5 Å². The molecule has 368 valence electrons. The Labute approximate surface area is 396 Å². The van der Waals surface area contributed by atoms with Crippen molar-refractivity contribution in [3.05, 3.63) is 84.4 Å². The van der Waals surface area contributed by atoms with E-state index in [2.05, 4.69) is 31.6 Å². The van der Waals surface area contributed by atoms with E-state index in [-0.39, 0.29) is 75.5 Å². The molecule has 0 saturated carbocycles. The number of benzene rings is 3. The molecular formula is C47H62N8O12S. The summed E-state index contributed by atoms with van der Waals surface area (Å²) in [6.45, 7) is 1.48. The van der Waals surface area contributed by atoms with E-state index in [1.54, 1.807) is 23.1 Å². The van der Waals surface area contributed by atoms with Crippen molar-refractivity contribution in [3.63, 3.8) is 0 Å².